The first-order valence-electron chi connectivity index (χ1n) is 24.4. The normalized spacial score (nSPS) is 15.3. The van der Waals surface area contributed by atoms with Crippen molar-refractivity contribution in [2.24, 2.45) is 0 Å². The molecule has 0 amide bonds. The van der Waals surface area contributed by atoms with Crippen LogP contribution in [0.3, 0.4) is 0 Å². The van der Waals surface area contributed by atoms with Crippen molar-refractivity contribution in [3.8, 4) is 55.6 Å². The summed E-state index contributed by atoms with van der Waals surface area (Å²) in [5, 5.41) is 2.51. The number of para-hydroxylation sites is 1. The van der Waals surface area contributed by atoms with Gasteiger partial charge in [-0.1, -0.05) is 216 Å². The summed E-state index contributed by atoms with van der Waals surface area (Å²) in [6.07, 6.45) is 2.37. The number of benzene rings is 10. The van der Waals surface area contributed by atoms with Gasteiger partial charge in [0.25, 0.3) is 0 Å². The number of rotatable bonds is 6. The maximum atomic E-state index is 2.56. The van der Waals surface area contributed by atoms with Crippen molar-refractivity contribution in [2.45, 2.75) is 56.8 Å². The van der Waals surface area contributed by atoms with E-state index in [4.69, 9.17) is 0 Å². The largest absolute Gasteiger partial charge is 0.310 e. The Morgan fingerprint density at radius 1 is 0.324 bits per heavy atom. The summed E-state index contributed by atoms with van der Waals surface area (Å²) in [5.74, 6) is 0. The van der Waals surface area contributed by atoms with Crippen molar-refractivity contribution in [3.05, 3.63) is 258 Å². The Bertz CT molecular complexity index is 3560. The van der Waals surface area contributed by atoms with Gasteiger partial charge in [-0.2, -0.15) is 0 Å². The van der Waals surface area contributed by atoms with Crippen LogP contribution in [0.15, 0.2) is 224 Å². The summed E-state index contributed by atoms with van der Waals surface area (Å²) >= 11 is 0. The van der Waals surface area contributed by atoms with E-state index >= 15 is 0 Å². The SMILES string of the molecule is CC1(C)CCC(C)(C)c2c(-c3ccc(-c4cc5c(cc4N(c4ccccc4)c4ccc(-c6cccc7ccccc67)cc4)C4(c6ccccc6-c6ccccc64)c4ccccc4-5)cc3)cccc21. The summed E-state index contributed by atoms with van der Waals surface area (Å²) in [6.45, 7) is 9.72. The molecule has 0 aliphatic heterocycles. The molecule has 0 saturated carbocycles. The third kappa shape index (κ3) is 5.94. The zero-order chi connectivity index (χ0) is 45.8. The summed E-state index contributed by atoms with van der Waals surface area (Å²) in [5.41, 5.74) is 24.1. The minimum absolute atomic E-state index is 0.0907. The van der Waals surface area contributed by atoms with Crippen molar-refractivity contribution >= 4 is 27.8 Å². The number of nitrogens with zero attached hydrogens (tertiary/aromatic N) is 1. The van der Waals surface area contributed by atoms with Gasteiger partial charge in [0.1, 0.15) is 0 Å². The molecule has 0 unspecified atom stereocenters. The first kappa shape index (κ1) is 40.5. The fourth-order valence-electron chi connectivity index (χ4n) is 12.6. The smallest absolute Gasteiger partial charge is 0.0726 e. The summed E-state index contributed by atoms with van der Waals surface area (Å²) in [4.78, 5) is 2.50. The van der Waals surface area contributed by atoms with E-state index in [-0.39, 0.29) is 10.8 Å². The molecule has 0 radical (unpaired) electrons. The second kappa shape index (κ2) is 15.1. The molecule has 0 fully saturated rings. The molecule has 68 heavy (non-hydrogen) atoms. The van der Waals surface area contributed by atoms with Gasteiger partial charge in [0.15, 0.2) is 0 Å². The zero-order valence-corrected chi connectivity index (χ0v) is 39.2. The molecule has 0 atom stereocenters. The summed E-state index contributed by atoms with van der Waals surface area (Å²) in [6, 6.07) is 84.5. The fourth-order valence-corrected chi connectivity index (χ4v) is 12.6. The molecule has 1 spiro atoms. The Balaban J connectivity index is 1.06. The lowest BCUT2D eigenvalue weighted by Crippen LogP contribution is -2.34. The fraction of sp³-hybridized carbons (Fsp3) is 0.134. The van der Waals surface area contributed by atoms with Gasteiger partial charge in [-0.15, -0.1) is 0 Å². The first-order chi connectivity index (χ1) is 33.2. The van der Waals surface area contributed by atoms with Gasteiger partial charge in [0, 0.05) is 16.9 Å². The van der Waals surface area contributed by atoms with Gasteiger partial charge in [0.2, 0.25) is 0 Å². The van der Waals surface area contributed by atoms with Gasteiger partial charge in [-0.25, -0.2) is 0 Å². The molecule has 326 valence electrons. The van der Waals surface area contributed by atoms with E-state index in [0.29, 0.717) is 0 Å². The van der Waals surface area contributed by atoms with E-state index in [1.54, 1.807) is 0 Å². The maximum absolute atomic E-state index is 2.56. The Morgan fingerprint density at radius 3 is 1.46 bits per heavy atom. The molecule has 1 heteroatoms. The molecule has 0 saturated heterocycles. The summed E-state index contributed by atoms with van der Waals surface area (Å²) < 4.78 is 0. The highest BCUT2D eigenvalue weighted by Gasteiger charge is 2.52. The van der Waals surface area contributed by atoms with Crippen LogP contribution in [-0.2, 0) is 16.2 Å². The Hall–Kier alpha value is -7.74. The van der Waals surface area contributed by atoms with Crippen LogP contribution < -0.4 is 4.90 Å². The molecule has 13 rings (SSSR count). The highest BCUT2D eigenvalue weighted by molar-refractivity contribution is 6.01. The zero-order valence-electron chi connectivity index (χ0n) is 39.2. The average Bonchev–Trinajstić information content (AvgIpc) is 3.85. The van der Waals surface area contributed by atoms with E-state index in [0.717, 1.165) is 17.1 Å². The molecule has 0 heterocycles. The van der Waals surface area contributed by atoms with Crippen molar-refractivity contribution in [3.63, 3.8) is 0 Å². The Morgan fingerprint density at radius 2 is 0.779 bits per heavy atom. The average molecular weight is 872 g/mol. The molecule has 10 aromatic rings. The predicted molar refractivity (Wildman–Crippen MR) is 287 cm³/mol. The summed E-state index contributed by atoms with van der Waals surface area (Å²) in [7, 11) is 0. The van der Waals surface area contributed by atoms with E-state index in [2.05, 4.69) is 257 Å². The Kier molecular flexibility index (Phi) is 9.02. The van der Waals surface area contributed by atoms with Crippen LogP contribution in [0.1, 0.15) is 73.9 Å². The van der Waals surface area contributed by atoms with Crippen LogP contribution in [0, 0.1) is 0 Å². The molecule has 10 aromatic carbocycles. The quantitative estimate of drug-likeness (QED) is 0.161. The number of hydrogen-bond acceptors (Lipinski definition) is 1. The minimum atomic E-state index is -0.482. The van der Waals surface area contributed by atoms with Gasteiger partial charge >= 0.3 is 0 Å². The van der Waals surface area contributed by atoms with Crippen LogP contribution in [0.2, 0.25) is 0 Å². The molecular formula is C67H53N. The highest BCUT2D eigenvalue weighted by Crippen LogP contribution is 2.64. The predicted octanol–water partition coefficient (Wildman–Crippen LogP) is 18.0. The van der Waals surface area contributed by atoms with Crippen LogP contribution in [0.25, 0.3) is 66.4 Å². The van der Waals surface area contributed by atoms with E-state index < -0.39 is 5.41 Å². The van der Waals surface area contributed by atoms with E-state index in [1.165, 1.54) is 113 Å². The van der Waals surface area contributed by atoms with Crippen LogP contribution in [-0.4, -0.2) is 0 Å². The first-order valence-corrected chi connectivity index (χ1v) is 24.4. The number of anilines is 3. The highest BCUT2D eigenvalue weighted by atomic mass is 15.1. The second-order valence-corrected chi connectivity index (χ2v) is 20.6. The van der Waals surface area contributed by atoms with Crippen molar-refractivity contribution in [2.75, 3.05) is 4.90 Å². The molecular weight excluding hydrogens is 819 g/mol. The lowest BCUT2D eigenvalue weighted by Gasteiger charge is -2.43. The van der Waals surface area contributed by atoms with Crippen LogP contribution >= 0.6 is 0 Å². The third-order valence-corrected chi connectivity index (χ3v) is 15.9. The van der Waals surface area contributed by atoms with Crippen molar-refractivity contribution in [1.29, 1.82) is 0 Å². The van der Waals surface area contributed by atoms with Gasteiger partial charge in [-0.05, 0) is 154 Å². The van der Waals surface area contributed by atoms with Gasteiger partial charge in [-0.3, -0.25) is 0 Å². The Labute approximate surface area is 401 Å². The standard InChI is InChI=1S/C67H53N/c1-65(2)40-41-66(3,4)64-52(27-17-31-61(64)65)46-32-34-47(35-33-46)56-42-57-55-25-12-15-30-60(55)67(58-28-13-10-23-53(58)54-24-11-14-29-59(54)67)62(57)43-63(56)68(48-20-6-5-7-21-48)49-38-36-45(37-39-49)51-26-16-19-44-18-8-9-22-50(44)51/h5-39,42-43H,40-41H2,1-4H3. The molecule has 3 aliphatic rings. The van der Waals surface area contributed by atoms with E-state index in [1.807, 2.05) is 0 Å². The van der Waals surface area contributed by atoms with Crippen molar-refractivity contribution in [1.82, 2.24) is 0 Å². The second-order valence-electron chi connectivity index (χ2n) is 20.6. The van der Waals surface area contributed by atoms with Gasteiger partial charge < -0.3 is 4.90 Å². The van der Waals surface area contributed by atoms with Crippen molar-refractivity contribution < 1.29 is 0 Å². The number of fused-ring (bicyclic) bond motifs is 12. The monoisotopic (exact) mass is 871 g/mol. The minimum Gasteiger partial charge on any atom is -0.310 e. The lowest BCUT2D eigenvalue weighted by atomic mass is 9.61. The molecule has 0 aromatic heterocycles. The van der Waals surface area contributed by atoms with Crippen LogP contribution in [0.4, 0.5) is 17.1 Å². The molecule has 1 nitrogen and oxygen atoms in total. The third-order valence-electron chi connectivity index (χ3n) is 15.9. The van der Waals surface area contributed by atoms with Gasteiger partial charge in [0.05, 0.1) is 11.1 Å². The molecule has 3 aliphatic carbocycles. The van der Waals surface area contributed by atoms with Crippen LogP contribution in [0.5, 0.6) is 0 Å². The maximum Gasteiger partial charge on any atom is 0.0726 e. The topological polar surface area (TPSA) is 3.24 Å². The molecule has 0 bridgehead atoms. The molecule has 0 N–H and O–H groups in total. The van der Waals surface area contributed by atoms with E-state index in [9.17, 15) is 0 Å². The lowest BCUT2D eigenvalue weighted by molar-refractivity contribution is 0.333. The number of hydrogen-bond donors (Lipinski definition) is 0.